The van der Waals surface area contributed by atoms with Crippen LogP contribution in [0.5, 0.6) is 0 Å². The third-order valence-electron chi connectivity index (χ3n) is 2.25. The fourth-order valence-corrected chi connectivity index (χ4v) is 2.04. The second-order valence-electron chi connectivity index (χ2n) is 4.03. The van der Waals surface area contributed by atoms with Gasteiger partial charge in [0.15, 0.2) is 0 Å². The molecule has 0 aliphatic carbocycles. The lowest BCUT2D eigenvalue weighted by Crippen LogP contribution is -2.33. The Labute approximate surface area is 110 Å². The van der Waals surface area contributed by atoms with E-state index in [9.17, 15) is 9.90 Å². The Morgan fingerprint density at radius 2 is 2.29 bits per heavy atom. The highest BCUT2D eigenvalue weighted by molar-refractivity contribution is 7.17. The molecule has 0 aliphatic heterocycles. The maximum absolute atomic E-state index is 11.4. The lowest BCUT2D eigenvalue weighted by atomic mass is 10.1. The number of carbonyl (C=O) groups excluding carboxylic acids is 1. The summed E-state index contributed by atoms with van der Waals surface area (Å²) in [7, 11) is 0. The average Bonchev–Trinajstić information content (AvgIpc) is 2.69. The van der Waals surface area contributed by atoms with Gasteiger partial charge in [-0.2, -0.15) is 0 Å². The third kappa shape index (κ3) is 5.35. The Kier molecular flexibility index (Phi) is 5.68. The predicted octanol–water partition coefficient (Wildman–Crippen LogP) is 2.55. The van der Waals surface area contributed by atoms with Crippen molar-refractivity contribution in [3.8, 4) is 0 Å². The van der Waals surface area contributed by atoms with Crippen LogP contribution in [0, 0.1) is 5.92 Å². The van der Waals surface area contributed by atoms with Crippen molar-refractivity contribution >= 4 is 34.9 Å². The number of aliphatic hydroxyl groups is 1. The van der Waals surface area contributed by atoms with Crippen molar-refractivity contribution < 1.29 is 9.90 Å². The largest absolute Gasteiger partial charge is 0.391 e. The van der Waals surface area contributed by atoms with E-state index in [0.29, 0.717) is 4.34 Å². The van der Waals surface area contributed by atoms with E-state index in [4.69, 9.17) is 11.6 Å². The molecule has 0 aliphatic rings. The Balaban J connectivity index is 2.37. The molecule has 0 saturated heterocycles. The van der Waals surface area contributed by atoms with Crippen LogP contribution in [0.25, 0.3) is 6.08 Å². The van der Waals surface area contributed by atoms with Crippen LogP contribution in [0.3, 0.4) is 0 Å². The minimum absolute atomic E-state index is 0.135. The second-order valence-corrected chi connectivity index (χ2v) is 5.78. The van der Waals surface area contributed by atoms with Crippen LogP contribution in [0.2, 0.25) is 4.34 Å². The molecule has 0 spiro atoms. The topological polar surface area (TPSA) is 49.3 Å². The maximum Gasteiger partial charge on any atom is 0.244 e. The Morgan fingerprint density at radius 1 is 1.59 bits per heavy atom. The van der Waals surface area contributed by atoms with E-state index in [-0.39, 0.29) is 18.4 Å². The summed E-state index contributed by atoms with van der Waals surface area (Å²) in [5.41, 5.74) is 0. The first-order valence-corrected chi connectivity index (χ1v) is 6.58. The monoisotopic (exact) mass is 273 g/mol. The number of hydrogen-bond donors (Lipinski definition) is 2. The minimum Gasteiger partial charge on any atom is -0.391 e. The molecular formula is C12H16ClNO2S. The van der Waals surface area contributed by atoms with E-state index in [1.54, 1.807) is 12.1 Å². The van der Waals surface area contributed by atoms with E-state index in [1.165, 1.54) is 17.4 Å². The predicted molar refractivity (Wildman–Crippen MR) is 72.2 cm³/mol. The zero-order valence-electron chi connectivity index (χ0n) is 9.81. The van der Waals surface area contributed by atoms with Gasteiger partial charge in [0.2, 0.25) is 5.91 Å². The molecule has 1 aromatic heterocycles. The van der Waals surface area contributed by atoms with Gasteiger partial charge in [0.1, 0.15) is 0 Å². The molecule has 94 valence electrons. The number of rotatable bonds is 5. The van der Waals surface area contributed by atoms with Gasteiger partial charge in [0.05, 0.1) is 10.4 Å². The normalized spacial score (nSPS) is 13.2. The molecule has 1 atom stereocenters. The Bertz CT molecular complexity index is 401. The van der Waals surface area contributed by atoms with Gasteiger partial charge < -0.3 is 10.4 Å². The average molecular weight is 274 g/mol. The minimum atomic E-state index is -0.511. The molecule has 1 unspecified atom stereocenters. The van der Waals surface area contributed by atoms with E-state index >= 15 is 0 Å². The lowest BCUT2D eigenvalue weighted by Gasteiger charge is -2.13. The van der Waals surface area contributed by atoms with Gasteiger partial charge in [-0.25, -0.2) is 0 Å². The van der Waals surface area contributed by atoms with Crippen molar-refractivity contribution in [1.82, 2.24) is 5.32 Å². The van der Waals surface area contributed by atoms with Crippen molar-refractivity contribution in [2.45, 2.75) is 20.0 Å². The van der Waals surface area contributed by atoms with Crippen LogP contribution in [-0.4, -0.2) is 23.7 Å². The van der Waals surface area contributed by atoms with Gasteiger partial charge in [-0.1, -0.05) is 25.4 Å². The molecule has 1 amide bonds. The molecule has 17 heavy (non-hydrogen) atoms. The summed E-state index contributed by atoms with van der Waals surface area (Å²) in [4.78, 5) is 12.3. The van der Waals surface area contributed by atoms with Crippen molar-refractivity contribution in [3.63, 3.8) is 0 Å². The van der Waals surface area contributed by atoms with Crippen LogP contribution in [-0.2, 0) is 4.79 Å². The van der Waals surface area contributed by atoms with Gasteiger partial charge in [-0.05, 0) is 24.1 Å². The van der Waals surface area contributed by atoms with Gasteiger partial charge in [-0.15, -0.1) is 11.3 Å². The lowest BCUT2D eigenvalue weighted by molar-refractivity contribution is -0.117. The number of carbonyl (C=O) groups is 1. The fraction of sp³-hybridized carbons (Fsp3) is 0.417. The summed E-state index contributed by atoms with van der Waals surface area (Å²) in [5, 5.41) is 12.1. The van der Waals surface area contributed by atoms with E-state index in [2.05, 4.69) is 5.32 Å². The van der Waals surface area contributed by atoms with Crippen molar-refractivity contribution in [3.05, 3.63) is 27.4 Å². The highest BCUT2D eigenvalue weighted by Gasteiger charge is 2.09. The highest BCUT2D eigenvalue weighted by atomic mass is 35.5. The van der Waals surface area contributed by atoms with E-state index < -0.39 is 6.10 Å². The number of halogens is 1. The zero-order chi connectivity index (χ0) is 12.8. The highest BCUT2D eigenvalue weighted by Crippen LogP contribution is 2.22. The van der Waals surface area contributed by atoms with Crippen LogP contribution in [0.15, 0.2) is 18.2 Å². The molecule has 0 fully saturated rings. The van der Waals surface area contributed by atoms with Gasteiger partial charge in [0.25, 0.3) is 0 Å². The number of aliphatic hydroxyl groups excluding tert-OH is 1. The zero-order valence-corrected chi connectivity index (χ0v) is 11.4. The van der Waals surface area contributed by atoms with E-state index in [0.717, 1.165) is 4.88 Å². The molecule has 0 bridgehead atoms. The summed E-state index contributed by atoms with van der Waals surface area (Å²) in [6.07, 6.45) is 2.63. The molecule has 1 heterocycles. The van der Waals surface area contributed by atoms with Crippen molar-refractivity contribution in [2.24, 2.45) is 5.92 Å². The standard InChI is InChI=1S/C12H16ClNO2S/c1-8(2)10(15)7-14-12(16)6-4-9-3-5-11(13)17-9/h3-6,8,10,15H,7H2,1-2H3,(H,14,16)/b6-4+. The molecule has 0 radical (unpaired) electrons. The number of hydrogen-bond acceptors (Lipinski definition) is 3. The fourth-order valence-electron chi connectivity index (χ4n) is 1.08. The van der Waals surface area contributed by atoms with Gasteiger partial charge >= 0.3 is 0 Å². The van der Waals surface area contributed by atoms with Gasteiger partial charge in [0, 0.05) is 17.5 Å². The summed E-state index contributed by atoms with van der Waals surface area (Å²) >= 11 is 7.17. The maximum atomic E-state index is 11.4. The van der Waals surface area contributed by atoms with Crippen LogP contribution in [0.4, 0.5) is 0 Å². The van der Waals surface area contributed by atoms with Gasteiger partial charge in [-0.3, -0.25) is 4.79 Å². The van der Waals surface area contributed by atoms with E-state index in [1.807, 2.05) is 19.9 Å². The molecule has 3 nitrogen and oxygen atoms in total. The van der Waals surface area contributed by atoms with Crippen molar-refractivity contribution in [1.29, 1.82) is 0 Å². The van der Waals surface area contributed by atoms with Crippen LogP contribution >= 0.6 is 22.9 Å². The molecule has 0 aromatic carbocycles. The summed E-state index contributed by atoms with van der Waals surface area (Å²) in [6, 6.07) is 3.63. The smallest absolute Gasteiger partial charge is 0.244 e. The number of nitrogens with one attached hydrogen (secondary N) is 1. The second kappa shape index (κ2) is 6.79. The first-order valence-electron chi connectivity index (χ1n) is 5.38. The molecule has 2 N–H and O–H groups in total. The van der Waals surface area contributed by atoms with Crippen LogP contribution in [0.1, 0.15) is 18.7 Å². The Morgan fingerprint density at radius 3 is 2.82 bits per heavy atom. The molecule has 0 saturated carbocycles. The van der Waals surface area contributed by atoms with Crippen LogP contribution < -0.4 is 5.32 Å². The SMILES string of the molecule is CC(C)C(O)CNC(=O)/C=C/c1ccc(Cl)s1. The molecule has 5 heteroatoms. The number of amides is 1. The van der Waals surface area contributed by atoms with Crippen molar-refractivity contribution in [2.75, 3.05) is 6.54 Å². The molecular weight excluding hydrogens is 258 g/mol. The molecule has 1 aromatic rings. The molecule has 1 rings (SSSR count). The Hall–Kier alpha value is -0.840. The summed E-state index contributed by atoms with van der Waals surface area (Å²) in [5.74, 6) is -0.0791. The summed E-state index contributed by atoms with van der Waals surface area (Å²) < 4.78 is 0.695. The first kappa shape index (κ1) is 14.2. The summed E-state index contributed by atoms with van der Waals surface area (Å²) in [6.45, 7) is 4.08. The quantitative estimate of drug-likeness (QED) is 0.810. The first-order chi connectivity index (χ1) is 7.99. The number of thiophene rings is 1. The third-order valence-corrected chi connectivity index (χ3v) is 3.44.